The van der Waals surface area contributed by atoms with Crippen LogP contribution in [0.1, 0.15) is 40.7 Å². The number of hydrogen-bond acceptors (Lipinski definition) is 6. The maximum absolute atomic E-state index is 14.0. The number of nitrogens with zero attached hydrogens (tertiary/aromatic N) is 3. The van der Waals surface area contributed by atoms with E-state index < -0.39 is 27.9 Å². The second-order valence-corrected chi connectivity index (χ2v) is 11.9. The standard InChI is InChI=1S/C30H32N4O5S/c1-21-7-5-6-10-26(21)29(36)33(24-15-17-32(18-16-24)20-22-8-3-2-4-9-22)27-19-28(35)34(30(27)37)23-11-13-25(14-12-23)40(31,38)39/h2-14,24,27H,15-20H2,1H3,(H2,31,38,39). The summed E-state index contributed by atoms with van der Waals surface area (Å²) in [4.78, 5) is 45.8. The van der Waals surface area contributed by atoms with E-state index in [1.807, 2.05) is 37.3 Å². The van der Waals surface area contributed by atoms with Gasteiger partial charge in [-0.3, -0.25) is 19.3 Å². The normalized spacial score (nSPS) is 18.8. The minimum Gasteiger partial charge on any atom is -0.323 e. The predicted octanol–water partition coefficient (Wildman–Crippen LogP) is 3.08. The number of nitrogens with two attached hydrogens (primary N) is 1. The number of likely N-dealkylation sites (tertiary alicyclic amines) is 1. The number of anilines is 1. The Bertz CT molecular complexity index is 1520. The molecule has 40 heavy (non-hydrogen) atoms. The van der Waals surface area contributed by atoms with E-state index >= 15 is 0 Å². The molecule has 2 heterocycles. The Morgan fingerprint density at radius 3 is 2.17 bits per heavy atom. The van der Waals surface area contributed by atoms with E-state index in [9.17, 15) is 22.8 Å². The Hall–Kier alpha value is -3.86. The summed E-state index contributed by atoms with van der Waals surface area (Å²) in [6, 6.07) is 21.6. The van der Waals surface area contributed by atoms with Crippen molar-refractivity contribution in [2.45, 2.75) is 49.7 Å². The number of aryl methyl sites for hydroxylation is 1. The van der Waals surface area contributed by atoms with Gasteiger partial charge in [-0.25, -0.2) is 18.5 Å². The fourth-order valence-electron chi connectivity index (χ4n) is 5.60. The number of piperidine rings is 1. The van der Waals surface area contributed by atoms with Gasteiger partial charge in [0, 0.05) is 31.2 Å². The zero-order valence-electron chi connectivity index (χ0n) is 22.3. The van der Waals surface area contributed by atoms with Crippen LogP contribution in [0.4, 0.5) is 5.69 Å². The largest absolute Gasteiger partial charge is 0.323 e. The summed E-state index contributed by atoms with van der Waals surface area (Å²) in [5, 5.41) is 5.19. The highest BCUT2D eigenvalue weighted by atomic mass is 32.2. The molecular weight excluding hydrogens is 528 g/mol. The lowest BCUT2D eigenvalue weighted by Gasteiger charge is -2.41. The second-order valence-electron chi connectivity index (χ2n) is 10.3. The van der Waals surface area contributed by atoms with E-state index in [-0.39, 0.29) is 29.0 Å². The number of carbonyl (C=O) groups excluding carboxylic acids is 3. The number of imide groups is 1. The number of benzene rings is 3. The Labute approximate surface area is 234 Å². The first-order valence-electron chi connectivity index (χ1n) is 13.3. The lowest BCUT2D eigenvalue weighted by molar-refractivity contribution is -0.123. The molecule has 3 aromatic carbocycles. The van der Waals surface area contributed by atoms with Gasteiger partial charge < -0.3 is 4.90 Å². The van der Waals surface area contributed by atoms with Crippen LogP contribution in [-0.4, -0.2) is 61.1 Å². The predicted molar refractivity (Wildman–Crippen MR) is 151 cm³/mol. The number of hydrogen-bond donors (Lipinski definition) is 1. The van der Waals surface area contributed by atoms with Crippen molar-refractivity contribution in [2.75, 3.05) is 18.0 Å². The third-order valence-electron chi connectivity index (χ3n) is 7.69. The van der Waals surface area contributed by atoms with Gasteiger partial charge in [-0.15, -0.1) is 0 Å². The molecule has 1 atom stereocenters. The molecule has 5 rings (SSSR count). The summed E-state index contributed by atoms with van der Waals surface area (Å²) in [5.74, 6) is -1.21. The molecular formula is C30H32N4O5S. The molecule has 0 bridgehead atoms. The zero-order valence-corrected chi connectivity index (χ0v) is 23.1. The van der Waals surface area contributed by atoms with Crippen LogP contribution in [0.5, 0.6) is 0 Å². The molecule has 3 aromatic rings. The van der Waals surface area contributed by atoms with Crippen LogP contribution in [-0.2, 0) is 26.2 Å². The van der Waals surface area contributed by atoms with Gasteiger partial charge in [0.2, 0.25) is 15.9 Å². The van der Waals surface area contributed by atoms with Crippen molar-refractivity contribution in [1.29, 1.82) is 0 Å². The molecule has 1 unspecified atom stereocenters. The number of amides is 3. The van der Waals surface area contributed by atoms with Crippen molar-refractivity contribution in [2.24, 2.45) is 5.14 Å². The van der Waals surface area contributed by atoms with Gasteiger partial charge in [0.1, 0.15) is 6.04 Å². The fourth-order valence-corrected chi connectivity index (χ4v) is 6.12. The summed E-state index contributed by atoms with van der Waals surface area (Å²) >= 11 is 0. The van der Waals surface area contributed by atoms with Crippen LogP contribution in [0, 0.1) is 6.92 Å². The van der Waals surface area contributed by atoms with E-state index in [0.717, 1.165) is 30.1 Å². The average Bonchev–Trinajstić information content (AvgIpc) is 3.23. The highest BCUT2D eigenvalue weighted by Gasteiger charge is 2.47. The van der Waals surface area contributed by atoms with Crippen LogP contribution in [0.2, 0.25) is 0 Å². The summed E-state index contributed by atoms with van der Waals surface area (Å²) in [7, 11) is -3.92. The van der Waals surface area contributed by atoms with Crippen molar-refractivity contribution in [3.63, 3.8) is 0 Å². The molecule has 0 spiro atoms. The molecule has 9 nitrogen and oxygen atoms in total. The zero-order chi connectivity index (χ0) is 28.4. The first-order chi connectivity index (χ1) is 19.1. The van der Waals surface area contributed by atoms with E-state index in [4.69, 9.17) is 5.14 Å². The van der Waals surface area contributed by atoms with Crippen molar-refractivity contribution in [1.82, 2.24) is 9.80 Å². The van der Waals surface area contributed by atoms with Crippen LogP contribution in [0.15, 0.2) is 83.8 Å². The SMILES string of the molecule is Cc1ccccc1C(=O)N(C1CCN(Cc2ccccc2)CC1)C1CC(=O)N(c2ccc(S(N)(=O)=O)cc2)C1=O. The molecule has 3 amide bonds. The Morgan fingerprint density at radius 1 is 0.925 bits per heavy atom. The average molecular weight is 561 g/mol. The minimum atomic E-state index is -3.92. The molecule has 2 saturated heterocycles. The van der Waals surface area contributed by atoms with E-state index in [0.29, 0.717) is 18.4 Å². The van der Waals surface area contributed by atoms with E-state index in [1.165, 1.54) is 29.8 Å². The van der Waals surface area contributed by atoms with Gasteiger partial charge in [-0.2, -0.15) is 0 Å². The second kappa shape index (κ2) is 11.3. The Morgan fingerprint density at radius 2 is 1.55 bits per heavy atom. The van der Waals surface area contributed by atoms with E-state index in [2.05, 4.69) is 17.0 Å². The van der Waals surface area contributed by atoms with E-state index in [1.54, 1.807) is 17.0 Å². The van der Waals surface area contributed by atoms with Crippen LogP contribution in [0.3, 0.4) is 0 Å². The van der Waals surface area contributed by atoms with Crippen LogP contribution >= 0.6 is 0 Å². The van der Waals surface area contributed by atoms with Crippen molar-refractivity contribution < 1.29 is 22.8 Å². The molecule has 2 fully saturated rings. The van der Waals surface area contributed by atoms with Gasteiger partial charge in [0.05, 0.1) is 17.0 Å². The molecule has 2 aliphatic rings. The van der Waals surface area contributed by atoms with Crippen LogP contribution < -0.4 is 10.0 Å². The Balaban J connectivity index is 1.41. The quantitative estimate of drug-likeness (QED) is 0.444. The van der Waals surface area contributed by atoms with Gasteiger partial charge in [-0.05, 0) is 61.2 Å². The van der Waals surface area contributed by atoms with Gasteiger partial charge >= 0.3 is 0 Å². The first kappa shape index (κ1) is 27.7. The topological polar surface area (TPSA) is 121 Å². The molecule has 2 aliphatic heterocycles. The molecule has 0 radical (unpaired) electrons. The summed E-state index contributed by atoms with van der Waals surface area (Å²) < 4.78 is 23.3. The lowest BCUT2D eigenvalue weighted by Crippen LogP contribution is -2.54. The number of carbonyl (C=O) groups is 3. The Kier molecular flexibility index (Phi) is 7.84. The highest BCUT2D eigenvalue weighted by Crippen LogP contribution is 2.31. The number of primary sulfonamides is 1. The minimum absolute atomic E-state index is 0.120. The number of sulfonamides is 1. The highest BCUT2D eigenvalue weighted by molar-refractivity contribution is 7.89. The maximum Gasteiger partial charge on any atom is 0.257 e. The summed E-state index contributed by atoms with van der Waals surface area (Å²) in [5.41, 5.74) is 2.76. The lowest BCUT2D eigenvalue weighted by atomic mass is 9.97. The van der Waals surface area contributed by atoms with Gasteiger partial charge in [-0.1, -0.05) is 48.5 Å². The van der Waals surface area contributed by atoms with Crippen LogP contribution in [0.25, 0.3) is 0 Å². The summed E-state index contributed by atoms with van der Waals surface area (Å²) in [6.45, 7) is 4.17. The van der Waals surface area contributed by atoms with Crippen molar-refractivity contribution in [3.8, 4) is 0 Å². The monoisotopic (exact) mass is 560 g/mol. The number of rotatable bonds is 7. The first-order valence-corrected chi connectivity index (χ1v) is 14.8. The maximum atomic E-state index is 14.0. The third-order valence-corrected chi connectivity index (χ3v) is 8.62. The fraction of sp³-hybridized carbons (Fsp3) is 0.300. The van der Waals surface area contributed by atoms with Crippen molar-refractivity contribution >= 4 is 33.4 Å². The van der Waals surface area contributed by atoms with Gasteiger partial charge in [0.15, 0.2) is 0 Å². The molecule has 208 valence electrons. The molecule has 2 N–H and O–H groups in total. The third kappa shape index (κ3) is 5.70. The molecule has 0 aliphatic carbocycles. The molecule has 10 heteroatoms. The van der Waals surface area contributed by atoms with Gasteiger partial charge in [0.25, 0.3) is 11.8 Å². The smallest absolute Gasteiger partial charge is 0.257 e. The summed E-state index contributed by atoms with van der Waals surface area (Å²) in [6.07, 6.45) is 1.20. The molecule has 0 saturated carbocycles. The van der Waals surface area contributed by atoms with Crippen molar-refractivity contribution in [3.05, 3.63) is 95.6 Å². The molecule has 0 aromatic heterocycles.